The lowest BCUT2D eigenvalue weighted by molar-refractivity contribution is -0.122. The number of aryl methyl sites for hydroxylation is 1. The molecule has 1 aromatic heterocycles. The van der Waals surface area contributed by atoms with Gasteiger partial charge in [-0.1, -0.05) is 12.8 Å². The number of carbonyl (C=O) groups is 2. The summed E-state index contributed by atoms with van der Waals surface area (Å²) in [7, 11) is 0. The lowest BCUT2D eigenvalue weighted by atomic mass is 9.85. The normalized spacial score (nSPS) is 22.0. The Bertz CT molecular complexity index is 497. The largest absolute Gasteiger partial charge is 0.396 e. The quantitative estimate of drug-likeness (QED) is 0.794. The van der Waals surface area contributed by atoms with Crippen LogP contribution in [-0.2, 0) is 4.79 Å². The van der Waals surface area contributed by atoms with Crippen LogP contribution >= 0.6 is 11.3 Å². The molecule has 2 N–H and O–H groups in total. The van der Waals surface area contributed by atoms with Crippen LogP contribution in [0.15, 0.2) is 12.1 Å². The summed E-state index contributed by atoms with van der Waals surface area (Å²) in [5, 5.41) is 12.3. The number of amides is 1. The summed E-state index contributed by atoms with van der Waals surface area (Å²) in [6, 6.07) is 3.81. The SMILES string of the molecule is Cc1ccc(C(=O)CCC(=O)NC2CCCCC2CO)s1. The van der Waals surface area contributed by atoms with Crippen LogP contribution in [-0.4, -0.2) is 29.4 Å². The van der Waals surface area contributed by atoms with Gasteiger partial charge in [0.2, 0.25) is 5.91 Å². The first-order chi connectivity index (χ1) is 10.1. The molecule has 21 heavy (non-hydrogen) atoms. The fourth-order valence-corrected chi connectivity index (χ4v) is 3.66. The third kappa shape index (κ3) is 4.64. The maximum absolute atomic E-state index is 12.0. The van der Waals surface area contributed by atoms with Gasteiger partial charge in [0.1, 0.15) is 0 Å². The van der Waals surface area contributed by atoms with E-state index in [0.29, 0.717) is 0 Å². The second-order valence-corrected chi connectivity index (χ2v) is 7.02. The molecule has 0 aromatic carbocycles. The first-order valence-corrected chi connectivity index (χ1v) is 8.41. The Kier molecular flexibility index (Phi) is 5.94. The standard InChI is InChI=1S/C16H23NO3S/c1-11-6-8-15(21-11)14(19)7-9-16(20)17-13-5-3-2-4-12(13)10-18/h6,8,12-13,18H,2-5,7,9-10H2,1H3,(H,17,20). The van der Waals surface area contributed by atoms with Crippen molar-refractivity contribution in [3.63, 3.8) is 0 Å². The topological polar surface area (TPSA) is 66.4 Å². The molecule has 2 rings (SSSR count). The maximum Gasteiger partial charge on any atom is 0.220 e. The van der Waals surface area contributed by atoms with E-state index >= 15 is 0 Å². The van der Waals surface area contributed by atoms with Crippen molar-refractivity contribution < 1.29 is 14.7 Å². The summed E-state index contributed by atoms with van der Waals surface area (Å²) in [5.74, 6) is 0.117. The molecule has 116 valence electrons. The summed E-state index contributed by atoms with van der Waals surface area (Å²) < 4.78 is 0. The van der Waals surface area contributed by atoms with Crippen LogP contribution in [0.3, 0.4) is 0 Å². The maximum atomic E-state index is 12.0. The zero-order valence-corrected chi connectivity index (χ0v) is 13.2. The van der Waals surface area contributed by atoms with E-state index in [9.17, 15) is 14.7 Å². The number of Topliss-reactive ketones (excluding diaryl/α,β-unsaturated/α-hetero) is 1. The van der Waals surface area contributed by atoms with Gasteiger partial charge in [0.15, 0.2) is 5.78 Å². The van der Waals surface area contributed by atoms with Crippen LogP contribution in [0.2, 0.25) is 0 Å². The minimum absolute atomic E-state index is 0.0330. The van der Waals surface area contributed by atoms with E-state index in [1.165, 1.54) is 11.3 Å². The second-order valence-electron chi connectivity index (χ2n) is 5.73. The van der Waals surface area contributed by atoms with Crippen LogP contribution in [0.5, 0.6) is 0 Å². The molecule has 1 saturated carbocycles. The van der Waals surface area contributed by atoms with E-state index in [-0.39, 0.29) is 43.1 Å². The minimum atomic E-state index is -0.0815. The summed E-state index contributed by atoms with van der Waals surface area (Å²) >= 11 is 1.47. The molecule has 0 spiro atoms. The average molecular weight is 309 g/mol. The van der Waals surface area contributed by atoms with Crippen LogP contribution in [0, 0.1) is 12.8 Å². The number of thiophene rings is 1. The fraction of sp³-hybridized carbons (Fsp3) is 0.625. The van der Waals surface area contributed by atoms with Crippen molar-refractivity contribution in [2.75, 3.05) is 6.61 Å². The molecule has 0 aliphatic heterocycles. The number of rotatable bonds is 6. The molecule has 4 nitrogen and oxygen atoms in total. The van der Waals surface area contributed by atoms with E-state index in [2.05, 4.69) is 5.32 Å². The molecule has 2 atom stereocenters. The molecule has 1 heterocycles. The first-order valence-electron chi connectivity index (χ1n) is 7.60. The second kappa shape index (κ2) is 7.71. The smallest absolute Gasteiger partial charge is 0.220 e. The minimum Gasteiger partial charge on any atom is -0.396 e. The number of ketones is 1. The Morgan fingerprint density at radius 2 is 2.05 bits per heavy atom. The Hall–Kier alpha value is -1.20. The summed E-state index contributed by atoms with van der Waals surface area (Å²) in [6.45, 7) is 2.09. The van der Waals surface area contributed by atoms with E-state index in [1.807, 2.05) is 19.1 Å². The Balaban J connectivity index is 1.77. The number of aliphatic hydroxyl groups excluding tert-OH is 1. The number of aliphatic hydroxyl groups is 1. The van der Waals surface area contributed by atoms with Crippen molar-refractivity contribution in [1.82, 2.24) is 5.32 Å². The predicted molar refractivity (Wildman–Crippen MR) is 83.6 cm³/mol. The number of hydrogen-bond donors (Lipinski definition) is 2. The van der Waals surface area contributed by atoms with Crippen LogP contribution in [0.25, 0.3) is 0 Å². The highest BCUT2D eigenvalue weighted by atomic mass is 32.1. The summed E-state index contributed by atoms with van der Waals surface area (Å²) in [6.07, 6.45) is 4.58. The molecule has 2 unspecified atom stereocenters. The predicted octanol–water partition coefficient (Wildman–Crippen LogP) is 2.69. The highest BCUT2D eigenvalue weighted by molar-refractivity contribution is 7.14. The average Bonchev–Trinajstić information content (AvgIpc) is 2.92. The zero-order valence-electron chi connectivity index (χ0n) is 12.4. The fourth-order valence-electron chi connectivity index (χ4n) is 2.83. The van der Waals surface area contributed by atoms with Crippen molar-refractivity contribution in [2.45, 2.75) is 51.5 Å². The van der Waals surface area contributed by atoms with Gasteiger partial charge in [-0.05, 0) is 31.9 Å². The molecule has 1 fully saturated rings. The van der Waals surface area contributed by atoms with Crippen molar-refractivity contribution in [3.05, 3.63) is 21.9 Å². The molecule has 1 aromatic rings. The van der Waals surface area contributed by atoms with Crippen LogP contribution in [0.1, 0.15) is 53.1 Å². The summed E-state index contributed by atoms with van der Waals surface area (Å²) in [4.78, 5) is 25.8. The molecule has 5 heteroatoms. The molecular formula is C16H23NO3S. The van der Waals surface area contributed by atoms with Crippen molar-refractivity contribution >= 4 is 23.0 Å². The summed E-state index contributed by atoms with van der Waals surface area (Å²) in [5.41, 5.74) is 0. The lowest BCUT2D eigenvalue weighted by Gasteiger charge is -2.30. The molecule has 1 amide bonds. The van der Waals surface area contributed by atoms with Gasteiger partial charge in [-0.3, -0.25) is 9.59 Å². The highest BCUT2D eigenvalue weighted by Gasteiger charge is 2.25. The van der Waals surface area contributed by atoms with Crippen molar-refractivity contribution in [3.8, 4) is 0 Å². The van der Waals surface area contributed by atoms with Gasteiger partial charge < -0.3 is 10.4 Å². The molecule has 1 aliphatic carbocycles. The van der Waals surface area contributed by atoms with E-state index < -0.39 is 0 Å². The Morgan fingerprint density at radius 1 is 1.29 bits per heavy atom. The molecular weight excluding hydrogens is 286 g/mol. The Morgan fingerprint density at radius 3 is 2.71 bits per heavy atom. The number of carbonyl (C=O) groups excluding carboxylic acids is 2. The molecule has 0 saturated heterocycles. The zero-order chi connectivity index (χ0) is 15.2. The lowest BCUT2D eigenvalue weighted by Crippen LogP contribution is -2.43. The molecule has 0 bridgehead atoms. The van der Waals surface area contributed by atoms with E-state index in [1.54, 1.807) is 0 Å². The highest BCUT2D eigenvalue weighted by Crippen LogP contribution is 2.24. The number of hydrogen-bond acceptors (Lipinski definition) is 4. The van der Waals surface area contributed by atoms with Crippen LogP contribution < -0.4 is 5.32 Å². The van der Waals surface area contributed by atoms with Crippen molar-refractivity contribution in [2.24, 2.45) is 5.92 Å². The van der Waals surface area contributed by atoms with Gasteiger partial charge >= 0.3 is 0 Å². The van der Waals surface area contributed by atoms with Gasteiger partial charge in [-0.15, -0.1) is 11.3 Å². The molecule has 0 radical (unpaired) electrons. The third-order valence-corrected chi connectivity index (χ3v) is 5.13. The van der Waals surface area contributed by atoms with E-state index in [4.69, 9.17) is 0 Å². The first kappa shape index (κ1) is 16.2. The van der Waals surface area contributed by atoms with Gasteiger partial charge in [-0.25, -0.2) is 0 Å². The van der Waals surface area contributed by atoms with Crippen molar-refractivity contribution in [1.29, 1.82) is 0 Å². The number of nitrogens with one attached hydrogen (secondary N) is 1. The monoisotopic (exact) mass is 309 g/mol. The van der Waals surface area contributed by atoms with Gasteiger partial charge in [0.25, 0.3) is 0 Å². The van der Waals surface area contributed by atoms with Gasteiger partial charge in [-0.2, -0.15) is 0 Å². The van der Waals surface area contributed by atoms with E-state index in [0.717, 1.165) is 35.4 Å². The third-order valence-electron chi connectivity index (χ3n) is 4.08. The molecule has 1 aliphatic rings. The van der Waals surface area contributed by atoms with Gasteiger partial charge in [0, 0.05) is 36.3 Å². The van der Waals surface area contributed by atoms with Gasteiger partial charge in [0.05, 0.1) is 4.88 Å². The van der Waals surface area contributed by atoms with Crippen LogP contribution in [0.4, 0.5) is 0 Å². The Labute approximate surface area is 129 Å².